The number of rotatable bonds is 6. The van der Waals surface area contributed by atoms with Crippen LogP contribution in [-0.2, 0) is 19.6 Å². The van der Waals surface area contributed by atoms with Crippen LogP contribution in [0.5, 0.6) is 0 Å². The molecule has 0 unspecified atom stereocenters. The van der Waals surface area contributed by atoms with Crippen LogP contribution in [0.3, 0.4) is 0 Å². The van der Waals surface area contributed by atoms with Gasteiger partial charge in [-0.2, -0.15) is 4.31 Å². The van der Waals surface area contributed by atoms with Gasteiger partial charge >= 0.3 is 0 Å². The number of anilines is 1. The van der Waals surface area contributed by atoms with Crippen LogP contribution in [0.1, 0.15) is 41.0 Å². The molecule has 10 heteroatoms. The smallest absolute Gasteiger partial charge is 0.261 e. The highest BCUT2D eigenvalue weighted by Crippen LogP contribution is 2.24. The Morgan fingerprint density at radius 1 is 0.970 bits per heavy atom. The van der Waals surface area contributed by atoms with Gasteiger partial charge in [0.05, 0.1) is 28.2 Å². The Morgan fingerprint density at radius 3 is 2.06 bits per heavy atom. The molecule has 2 aliphatic heterocycles. The third-order valence-electron chi connectivity index (χ3n) is 5.60. The molecule has 2 aromatic rings. The van der Waals surface area contributed by atoms with Gasteiger partial charge in [-0.15, -0.1) is 0 Å². The van der Waals surface area contributed by atoms with E-state index in [1.165, 1.54) is 28.6 Å². The predicted octanol–water partition coefficient (Wildman–Crippen LogP) is 2.11. The second-order valence-electron chi connectivity index (χ2n) is 8.21. The number of hydrogen-bond acceptors (Lipinski definition) is 6. The summed E-state index contributed by atoms with van der Waals surface area (Å²) in [6.07, 6.45) is -0.455. The number of hydrogen-bond donors (Lipinski definition) is 1. The second kappa shape index (κ2) is 9.05. The van der Waals surface area contributed by atoms with Crippen molar-refractivity contribution in [2.45, 2.75) is 37.4 Å². The fraction of sp³-hybridized carbons (Fsp3) is 0.348. The summed E-state index contributed by atoms with van der Waals surface area (Å²) in [7, 11) is -3.67. The Bertz CT molecular complexity index is 1150. The van der Waals surface area contributed by atoms with Crippen molar-refractivity contribution in [3.05, 3.63) is 59.7 Å². The lowest BCUT2D eigenvalue weighted by atomic mass is 10.1. The minimum Gasteiger partial charge on any atom is -0.373 e. The molecule has 0 bridgehead atoms. The maximum absolute atomic E-state index is 12.9. The maximum Gasteiger partial charge on any atom is 0.261 e. The first kappa shape index (κ1) is 23.1. The summed E-state index contributed by atoms with van der Waals surface area (Å²) in [5.74, 6) is -1.22. The Balaban J connectivity index is 1.35. The van der Waals surface area contributed by atoms with Gasteiger partial charge in [0.1, 0.15) is 0 Å². The normalized spacial score (nSPS) is 21.2. The molecule has 0 radical (unpaired) electrons. The molecule has 3 amide bonds. The van der Waals surface area contributed by atoms with Crippen LogP contribution in [0.4, 0.5) is 5.69 Å². The lowest BCUT2D eigenvalue weighted by Crippen LogP contribution is -2.48. The Labute approximate surface area is 192 Å². The van der Waals surface area contributed by atoms with Crippen LogP contribution in [0.2, 0.25) is 0 Å². The molecule has 0 aliphatic carbocycles. The summed E-state index contributed by atoms with van der Waals surface area (Å²) in [4.78, 5) is 38.3. The van der Waals surface area contributed by atoms with Crippen molar-refractivity contribution < 1.29 is 27.5 Å². The molecule has 2 atom stereocenters. The van der Waals surface area contributed by atoms with E-state index in [9.17, 15) is 22.8 Å². The van der Waals surface area contributed by atoms with Crippen molar-refractivity contribution in [1.82, 2.24) is 9.21 Å². The highest BCUT2D eigenvalue weighted by molar-refractivity contribution is 7.89. The van der Waals surface area contributed by atoms with Crippen LogP contribution in [0.15, 0.2) is 53.4 Å². The predicted molar refractivity (Wildman–Crippen MR) is 120 cm³/mol. The number of nitrogens with zero attached hydrogens (tertiary/aromatic N) is 2. The first-order chi connectivity index (χ1) is 15.7. The van der Waals surface area contributed by atoms with E-state index < -0.39 is 27.7 Å². The van der Waals surface area contributed by atoms with Crippen molar-refractivity contribution in [2.24, 2.45) is 0 Å². The molecule has 9 nitrogen and oxygen atoms in total. The van der Waals surface area contributed by atoms with Crippen molar-refractivity contribution in [1.29, 1.82) is 0 Å². The number of fused-ring (bicyclic) bond motifs is 1. The molecule has 2 heterocycles. The molecule has 1 fully saturated rings. The number of amides is 3. The van der Waals surface area contributed by atoms with Crippen molar-refractivity contribution >= 4 is 33.4 Å². The van der Waals surface area contributed by atoms with Crippen LogP contribution in [0.25, 0.3) is 0 Å². The molecule has 0 saturated carbocycles. The zero-order chi connectivity index (χ0) is 23.8. The summed E-state index contributed by atoms with van der Waals surface area (Å²) in [5.41, 5.74) is 1.09. The van der Waals surface area contributed by atoms with Gasteiger partial charge in [0.2, 0.25) is 15.9 Å². The number of benzene rings is 2. The van der Waals surface area contributed by atoms with E-state index in [1.54, 1.807) is 24.3 Å². The van der Waals surface area contributed by atoms with Crippen LogP contribution < -0.4 is 5.32 Å². The summed E-state index contributed by atoms with van der Waals surface area (Å²) in [6, 6.07) is 12.5. The summed E-state index contributed by atoms with van der Waals surface area (Å²) < 4.78 is 32.9. The molecule has 174 valence electrons. The van der Waals surface area contributed by atoms with Gasteiger partial charge in [0, 0.05) is 31.7 Å². The minimum atomic E-state index is -3.67. The molecule has 1 N–H and O–H groups in total. The monoisotopic (exact) mass is 471 g/mol. The number of imide groups is 1. The van der Waals surface area contributed by atoms with Gasteiger partial charge in [-0.05, 0) is 50.2 Å². The van der Waals surface area contributed by atoms with Crippen molar-refractivity contribution in [2.75, 3.05) is 25.0 Å². The molecule has 0 spiro atoms. The summed E-state index contributed by atoms with van der Waals surface area (Å²) in [6.45, 7) is 4.18. The van der Waals surface area contributed by atoms with E-state index in [0.717, 1.165) is 4.90 Å². The van der Waals surface area contributed by atoms with E-state index in [0.29, 0.717) is 16.8 Å². The lowest BCUT2D eigenvalue weighted by Gasteiger charge is -2.34. The third kappa shape index (κ3) is 4.68. The van der Waals surface area contributed by atoms with Crippen molar-refractivity contribution in [3.8, 4) is 0 Å². The zero-order valence-electron chi connectivity index (χ0n) is 18.4. The van der Waals surface area contributed by atoms with Crippen LogP contribution in [-0.4, -0.2) is 67.2 Å². The zero-order valence-corrected chi connectivity index (χ0v) is 19.2. The maximum atomic E-state index is 12.9. The molecular formula is C23H25N3O6S. The van der Waals surface area contributed by atoms with Crippen LogP contribution >= 0.6 is 0 Å². The van der Waals surface area contributed by atoms with Gasteiger partial charge in [-0.3, -0.25) is 19.3 Å². The summed E-state index contributed by atoms with van der Waals surface area (Å²) >= 11 is 0. The molecule has 33 heavy (non-hydrogen) atoms. The molecule has 2 aliphatic rings. The largest absolute Gasteiger partial charge is 0.373 e. The second-order valence-corrected chi connectivity index (χ2v) is 10.1. The van der Waals surface area contributed by atoms with Gasteiger partial charge in [-0.25, -0.2) is 8.42 Å². The molecule has 0 aromatic heterocycles. The first-order valence-electron chi connectivity index (χ1n) is 10.7. The van der Waals surface area contributed by atoms with Crippen molar-refractivity contribution in [3.63, 3.8) is 0 Å². The number of morpholine rings is 1. The number of sulfonamides is 1. The molecule has 2 aromatic carbocycles. The number of ether oxygens (including phenoxy) is 1. The fourth-order valence-corrected chi connectivity index (χ4v) is 5.66. The number of carbonyl (C=O) groups is 3. The minimum absolute atomic E-state index is 0.0436. The van der Waals surface area contributed by atoms with E-state index in [-0.39, 0.29) is 43.2 Å². The standard InChI is InChI=1S/C23H25N3O6S/c1-15-13-25(14-16(2)32-15)33(30,31)18-9-7-17(8-10-18)24-21(27)11-12-26-22(28)19-5-3-4-6-20(19)23(26)29/h3-10,15-16H,11-14H2,1-2H3,(H,24,27)/t15-,16+. The Hall–Kier alpha value is -3.08. The highest BCUT2D eigenvalue weighted by atomic mass is 32.2. The Kier molecular flexibility index (Phi) is 6.33. The first-order valence-corrected chi connectivity index (χ1v) is 12.1. The SMILES string of the molecule is C[C@@H]1CN(S(=O)(=O)c2ccc(NC(=O)CCN3C(=O)c4ccccc4C3=O)cc2)C[C@H](C)O1. The van der Waals surface area contributed by atoms with Gasteiger partial charge < -0.3 is 10.1 Å². The fourth-order valence-electron chi connectivity index (χ4n) is 4.07. The lowest BCUT2D eigenvalue weighted by molar-refractivity contribution is -0.116. The molecular weight excluding hydrogens is 446 g/mol. The van der Waals surface area contributed by atoms with Gasteiger partial charge in [0.25, 0.3) is 11.8 Å². The molecule has 4 rings (SSSR count). The number of nitrogens with one attached hydrogen (secondary N) is 1. The topological polar surface area (TPSA) is 113 Å². The van der Waals surface area contributed by atoms with E-state index in [2.05, 4.69) is 5.32 Å². The molecule has 1 saturated heterocycles. The quantitative estimate of drug-likeness (QED) is 0.646. The summed E-state index contributed by atoms with van der Waals surface area (Å²) in [5, 5.41) is 2.67. The average Bonchev–Trinajstić information content (AvgIpc) is 3.02. The van der Waals surface area contributed by atoms with E-state index in [4.69, 9.17) is 4.74 Å². The number of carbonyl (C=O) groups excluding carboxylic acids is 3. The van der Waals surface area contributed by atoms with Crippen LogP contribution in [0, 0.1) is 0 Å². The third-order valence-corrected chi connectivity index (χ3v) is 7.45. The van der Waals surface area contributed by atoms with Gasteiger partial charge in [0.15, 0.2) is 0 Å². The average molecular weight is 472 g/mol. The van der Waals surface area contributed by atoms with E-state index in [1.807, 2.05) is 13.8 Å². The van der Waals surface area contributed by atoms with E-state index >= 15 is 0 Å². The Morgan fingerprint density at radius 2 is 1.52 bits per heavy atom. The highest BCUT2D eigenvalue weighted by Gasteiger charge is 2.35. The van der Waals surface area contributed by atoms with Gasteiger partial charge in [-0.1, -0.05) is 12.1 Å².